The van der Waals surface area contributed by atoms with Crippen LogP contribution in [-0.2, 0) is 4.79 Å². The highest BCUT2D eigenvalue weighted by Crippen LogP contribution is 2.05. The topological polar surface area (TPSA) is 37.3 Å². The summed E-state index contributed by atoms with van der Waals surface area (Å²) in [5, 5.41) is 8.54. The summed E-state index contributed by atoms with van der Waals surface area (Å²) in [7, 11) is -1.21. The van der Waals surface area contributed by atoms with Gasteiger partial charge in [0.05, 0.1) is 14.0 Å². The van der Waals surface area contributed by atoms with E-state index in [1.165, 1.54) is 0 Å². The van der Waals surface area contributed by atoms with Gasteiger partial charge in [-0.2, -0.15) is 0 Å². The normalized spacial score (nSPS) is 15.3. The van der Waals surface area contributed by atoms with Crippen LogP contribution in [0.4, 0.5) is 0 Å². The predicted molar refractivity (Wildman–Crippen MR) is 49.3 cm³/mol. The van der Waals surface area contributed by atoms with Crippen LogP contribution in [0.1, 0.15) is 6.92 Å². The minimum atomic E-state index is -1.21. The largest absolute Gasteiger partial charge is 0.481 e. The lowest BCUT2D eigenvalue weighted by atomic mass is 10.2. The van der Waals surface area contributed by atoms with Crippen LogP contribution in [0, 0.1) is 5.92 Å². The molecule has 0 aromatic heterocycles. The second-order valence-electron chi connectivity index (χ2n) is 3.85. The average Bonchev–Trinajstić information content (AvgIpc) is 1.80. The number of carboxylic acid groups (broad SMARTS) is 1. The maximum atomic E-state index is 10.4. The van der Waals surface area contributed by atoms with Gasteiger partial charge in [-0.1, -0.05) is 31.4 Å². The number of hydrogen-bond donors (Lipinski definition) is 1. The Labute approximate surface area is 68.9 Å². The Balaban J connectivity index is 4.04. The fraction of sp³-hybridized carbons (Fsp3) is 0.625. The summed E-state index contributed by atoms with van der Waals surface area (Å²) in [6.07, 6.45) is 1.79. The number of aliphatic carboxylic acids is 1. The molecule has 1 unspecified atom stereocenters. The van der Waals surface area contributed by atoms with Gasteiger partial charge in [0.2, 0.25) is 0 Å². The van der Waals surface area contributed by atoms with Crippen LogP contribution in [0.15, 0.2) is 11.8 Å². The van der Waals surface area contributed by atoms with E-state index < -0.39 is 14.0 Å². The van der Waals surface area contributed by atoms with Gasteiger partial charge >= 0.3 is 5.97 Å². The molecule has 0 amide bonds. The molecule has 3 heteroatoms. The second kappa shape index (κ2) is 3.71. The summed E-state index contributed by atoms with van der Waals surface area (Å²) in [4.78, 5) is 10.4. The minimum absolute atomic E-state index is 0.346. The van der Waals surface area contributed by atoms with E-state index in [1.807, 2.05) is 0 Å². The van der Waals surface area contributed by atoms with Crippen LogP contribution < -0.4 is 0 Å². The van der Waals surface area contributed by atoms with Crippen molar-refractivity contribution >= 4 is 14.0 Å². The molecule has 64 valence electrons. The van der Waals surface area contributed by atoms with E-state index in [0.717, 1.165) is 0 Å². The van der Waals surface area contributed by atoms with Crippen LogP contribution in [0.2, 0.25) is 19.6 Å². The van der Waals surface area contributed by atoms with Crippen LogP contribution in [0.25, 0.3) is 0 Å². The summed E-state index contributed by atoms with van der Waals surface area (Å²) in [6, 6.07) is 0. The van der Waals surface area contributed by atoms with Crippen LogP contribution in [0.3, 0.4) is 0 Å². The lowest BCUT2D eigenvalue weighted by Crippen LogP contribution is -2.17. The molecule has 0 spiro atoms. The third-order valence-corrected chi connectivity index (χ3v) is 2.47. The van der Waals surface area contributed by atoms with Crippen LogP contribution in [-0.4, -0.2) is 19.1 Å². The molecule has 0 fully saturated rings. The Hall–Kier alpha value is -0.573. The van der Waals surface area contributed by atoms with Crippen molar-refractivity contribution in [1.82, 2.24) is 0 Å². The first kappa shape index (κ1) is 10.4. The molecule has 0 saturated carbocycles. The lowest BCUT2D eigenvalue weighted by molar-refractivity contribution is -0.139. The summed E-state index contributed by atoms with van der Waals surface area (Å²) < 4.78 is 0. The van der Waals surface area contributed by atoms with E-state index in [-0.39, 0.29) is 5.92 Å². The quantitative estimate of drug-likeness (QED) is 0.662. The Morgan fingerprint density at radius 2 is 1.91 bits per heavy atom. The van der Waals surface area contributed by atoms with Crippen molar-refractivity contribution in [1.29, 1.82) is 0 Å². The summed E-state index contributed by atoms with van der Waals surface area (Å²) in [5.41, 5.74) is 2.06. The van der Waals surface area contributed by atoms with Gasteiger partial charge in [0, 0.05) is 0 Å². The van der Waals surface area contributed by atoms with Crippen molar-refractivity contribution in [2.24, 2.45) is 5.92 Å². The number of carboxylic acids is 1. The molecular weight excluding hydrogens is 156 g/mol. The summed E-state index contributed by atoms with van der Waals surface area (Å²) in [6.45, 7) is 8.23. The predicted octanol–water partition coefficient (Wildman–Crippen LogP) is 2.14. The Morgan fingerprint density at radius 1 is 1.45 bits per heavy atom. The third kappa shape index (κ3) is 5.85. The fourth-order valence-corrected chi connectivity index (χ4v) is 1.38. The van der Waals surface area contributed by atoms with Gasteiger partial charge in [-0.3, -0.25) is 4.79 Å². The summed E-state index contributed by atoms with van der Waals surface area (Å²) in [5.74, 6) is -1.10. The van der Waals surface area contributed by atoms with Gasteiger partial charge in [0.25, 0.3) is 0 Å². The smallest absolute Gasteiger partial charge is 0.310 e. The molecule has 0 radical (unpaired) electrons. The first-order valence-corrected chi connectivity index (χ1v) is 7.33. The Morgan fingerprint density at radius 3 is 2.18 bits per heavy atom. The molecule has 0 rings (SSSR count). The average molecular weight is 172 g/mol. The molecule has 1 atom stereocenters. The van der Waals surface area contributed by atoms with Gasteiger partial charge in [-0.15, -0.1) is 0 Å². The Bertz CT molecular complexity index is 167. The van der Waals surface area contributed by atoms with Crippen molar-refractivity contribution in [3.05, 3.63) is 11.8 Å². The zero-order chi connectivity index (χ0) is 9.07. The van der Waals surface area contributed by atoms with Gasteiger partial charge in [0.15, 0.2) is 0 Å². The molecule has 0 saturated heterocycles. The second-order valence-corrected chi connectivity index (χ2v) is 8.92. The van der Waals surface area contributed by atoms with Crippen molar-refractivity contribution in [2.45, 2.75) is 26.6 Å². The number of carbonyl (C=O) groups is 1. The molecule has 0 bridgehead atoms. The fourth-order valence-electron chi connectivity index (χ4n) is 0.515. The monoisotopic (exact) mass is 172 g/mol. The maximum absolute atomic E-state index is 10.4. The van der Waals surface area contributed by atoms with Gasteiger partial charge in [0.1, 0.15) is 0 Å². The molecule has 2 nitrogen and oxygen atoms in total. The van der Waals surface area contributed by atoms with Crippen molar-refractivity contribution in [2.75, 3.05) is 0 Å². The number of rotatable bonds is 3. The van der Waals surface area contributed by atoms with Crippen molar-refractivity contribution in [3.63, 3.8) is 0 Å². The lowest BCUT2D eigenvalue weighted by Gasteiger charge is -2.09. The molecular formula is C8H16O2Si. The van der Waals surface area contributed by atoms with Crippen LogP contribution >= 0.6 is 0 Å². The SMILES string of the molecule is CC(/C=C/[Si](C)(C)C)C(=O)O. The minimum Gasteiger partial charge on any atom is -0.481 e. The van der Waals surface area contributed by atoms with E-state index in [4.69, 9.17) is 5.11 Å². The van der Waals surface area contributed by atoms with Crippen molar-refractivity contribution in [3.8, 4) is 0 Å². The van der Waals surface area contributed by atoms with Gasteiger partial charge in [-0.05, 0) is 6.92 Å². The standard InChI is InChI=1S/C8H16O2Si/c1-7(8(9)10)5-6-11(2,3)4/h5-7H,1-4H3,(H,9,10)/b6-5+. The Kier molecular flexibility index (Phi) is 3.52. The van der Waals surface area contributed by atoms with E-state index in [2.05, 4.69) is 25.3 Å². The highest BCUT2D eigenvalue weighted by atomic mass is 28.3. The van der Waals surface area contributed by atoms with Crippen LogP contribution in [0.5, 0.6) is 0 Å². The van der Waals surface area contributed by atoms with E-state index in [1.54, 1.807) is 13.0 Å². The maximum Gasteiger partial charge on any atom is 0.310 e. The molecule has 11 heavy (non-hydrogen) atoms. The number of hydrogen-bond acceptors (Lipinski definition) is 1. The highest BCUT2D eigenvalue weighted by Gasteiger charge is 2.10. The third-order valence-electron chi connectivity index (χ3n) is 1.27. The molecule has 1 N–H and O–H groups in total. The first-order valence-electron chi connectivity index (χ1n) is 3.75. The first-order chi connectivity index (χ1) is 4.83. The molecule has 0 heterocycles. The van der Waals surface area contributed by atoms with Gasteiger partial charge in [-0.25, -0.2) is 0 Å². The molecule has 0 aromatic rings. The van der Waals surface area contributed by atoms with Crippen molar-refractivity contribution < 1.29 is 9.90 Å². The van der Waals surface area contributed by atoms with E-state index in [0.29, 0.717) is 0 Å². The van der Waals surface area contributed by atoms with Gasteiger partial charge < -0.3 is 5.11 Å². The molecule has 0 aliphatic carbocycles. The van der Waals surface area contributed by atoms with E-state index in [9.17, 15) is 4.79 Å². The molecule has 0 aromatic carbocycles. The zero-order valence-electron chi connectivity index (χ0n) is 7.59. The molecule has 0 aliphatic rings. The zero-order valence-corrected chi connectivity index (χ0v) is 8.59. The molecule has 0 aliphatic heterocycles. The summed E-state index contributed by atoms with van der Waals surface area (Å²) >= 11 is 0. The van der Waals surface area contributed by atoms with E-state index >= 15 is 0 Å². The highest BCUT2D eigenvalue weighted by molar-refractivity contribution is 6.80.